The van der Waals surface area contributed by atoms with Crippen LogP contribution in [0.3, 0.4) is 0 Å². The van der Waals surface area contributed by atoms with Gasteiger partial charge in [-0.3, -0.25) is 9.89 Å². The van der Waals surface area contributed by atoms with Crippen molar-refractivity contribution in [3.05, 3.63) is 58.5 Å². The predicted octanol–water partition coefficient (Wildman–Crippen LogP) is 3.06. The van der Waals surface area contributed by atoms with Crippen molar-refractivity contribution >= 4 is 40.1 Å². The van der Waals surface area contributed by atoms with Crippen LogP contribution in [0.1, 0.15) is 26.4 Å². The molecule has 3 N–H and O–H groups in total. The summed E-state index contributed by atoms with van der Waals surface area (Å²) in [5.74, 6) is -1.44. The lowest BCUT2D eigenvalue weighted by Crippen LogP contribution is -2.20. The van der Waals surface area contributed by atoms with Crippen LogP contribution in [0.2, 0.25) is 5.02 Å². The Kier molecular flexibility index (Phi) is 4.84. The van der Waals surface area contributed by atoms with Crippen molar-refractivity contribution in [1.29, 1.82) is 0 Å². The predicted molar refractivity (Wildman–Crippen MR) is 109 cm³/mol. The number of methoxy groups -OCH3 is 1. The zero-order chi connectivity index (χ0) is 21.4. The number of halogens is 1. The summed E-state index contributed by atoms with van der Waals surface area (Å²) in [5, 5.41) is 24.1. The van der Waals surface area contributed by atoms with Gasteiger partial charge in [-0.15, -0.1) is 5.10 Å². The molecule has 4 rings (SSSR count). The van der Waals surface area contributed by atoms with Gasteiger partial charge in [-0.2, -0.15) is 5.10 Å². The topological polar surface area (TPSA) is 135 Å². The molecule has 10 nitrogen and oxygen atoms in total. The number of hydrogen-bond acceptors (Lipinski definition) is 6. The maximum absolute atomic E-state index is 13.1. The SMILES string of the molecule is COc1cc(C(=O)Nc2c(C)cc3c[nH]nc3c2C(=O)O)n(-c2ncccc2Cl)n1. The van der Waals surface area contributed by atoms with Crippen LogP contribution < -0.4 is 10.1 Å². The number of carboxylic acids is 1. The number of carboxylic acid groups (broad SMARTS) is 1. The maximum Gasteiger partial charge on any atom is 0.340 e. The number of anilines is 1. The molecule has 152 valence electrons. The van der Waals surface area contributed by atoms with Crippen molar-refractivity contribution in [3.8, 4) is 11.7 Å². The number of carbonyl (C=O) groups is 2. The minimum Gasteiger partial charge on any atom is -0.480 e. The Morgan fingerprint density at radius 3 is 2.83 bits per heavy atom. The van der Waals surface area contributed by atoms with E-state index in [4.69, 9.17) is 16.3 Å². The summed E-state index contributed by atoms with van der Waals surface area (Å²) in [6.45, 7) is 1.70. The molecule has 0 fully saturated rings. The van der Waals surface area contributed by atoms with Gasteiger partial charge in [0.05, 0.1) is 17.8 Å². The number of benzene rings is 1. The van der Waals surface area contributed by atoms with Crippen molar-refractivity contribution in [1.82, 2.24) is 25.0 Å². The molecule has 0 aliphatic rings. The number of nitrogens with one attached hydrogen (secondary N) is 2. The van der Waals surface area contributed by atoms with Crippen LogP contribution in [0.15, 0.2) is 36.7 Å². The molecule has 0 saturated carbocycles. The smallest absolute Gasteiger partial charge is 0.340 e. The Morgan fingerprint density at radius 1 is 1.33 bits per heavy atom. The van der Waals surface area contributed by atoms with Crippen LogP contribution in [0.25, 0.3) is 16.7 Å². The standard InChI is InChI=1S/C19H15ClN6O4/c1-9-6-10-8-22-24-16(10)14(19(28)29)15(9)23-18(27)12-7-13(30-2)25-26(12)17-11(20)4-3-5-21-17/h3-8H,1-2H3,(H,22,24)(H,23,27)(H,28,29). The molecule has 1 aromatic carbocycles. The highest BCUT2D eigenvalue weighted by atomic mass is 35.5. The number of fused-ring (bicyclic) bond motifs is 1. The van der Waals surface area contributed by atoms with Gasteiger partial charge in [-0.1, -0.05) is 11.6 Å². The summed E-state index contributed by atoms with van der Waals surface area (Å²) >= 11 is 6.21. The summed E-state index contributed by atoms with van der Waals surface area (Å²) in [7, 11) is 1.41. The minimum atomic E-state index is -1.22. The van der Waals surface area contributed by atoms with Crippen LogP contribution in [0.4, 0.5) is 5.69 Å². The van der Waals surface area contributed by atoms with Crippen LogP contribution in [0.5, 0.6) is 5.88 Å². The lowest BCUT2D eigenvalue weighted by atomic mass is 10.0. The first-order valence-electron chi connectivity index (χ1n) is 8.67. The van der Waals surface area contributed by atoms with Crippen LogP contribution in [-0.2, 0) is 0 Å². The lowest BCUT2D eigenvalue weighted by molar-refractivity contribution is 0.0700. The molecule has 3 heterocycles. The van der Waals surface area contributed by atoms with E-state index in [1.54, 1.807) is 31.3 Å². The first-order chi connectivity index (χ1) is 14.4. The maximum atomic E-state index is 13.1. The molecule has 0 atom stereocenters. The summed E-state index contributed by atoms with van der Waals surface area (Å²) in [4.78, 5) is 29.2. The molecule has 0 spiro atoms. The monoisotopic (exact) mass is 426 g/mol. The Balaban J connectivity index is 1.82. The fourth-order valence-corrected chi connectivity index (χ4v) is 3.29. The van der Waals surface area contributed by atoms with E-state index >= 15 is 0 Å². The second-order valence-corrected chi connectivity index (χ2v) is 6.73. The number of ether oxygens (including phenoxy) is 1. The Bertz CT molecular complexity index is 1300. The Hall–Kier alpha value is -3.92. The van der Waals surface area contributed by atoms with E-state index in [9.17, 15) is 14.7 Å². The third kappa shape index (κ3) is 3.22. The number of nitrogens with zero attached hydrogens (tertiary/aromatic N) is 4. The average Bonchev–Trinajstić information content (AvgIpc) is 3.35. The van der Waals surface area contributed by atoms with E-state index < -0.39 is 11.9 Å². The van der Waals surface area contributed by atoms with Crippen molar-refractivity contribution in [3.63, 3.8) is 0 Å². The number of rotatable bonds is 5. The van der Waals surface area contributed by atoms with Crippen LogP contribution in [0, 0.1) is 6.92 Å². The first kappa shape index (κ1) is 19.4. The van der Waals surface area contributed by atoms with Crippen molar-refractivity contribution < 1.29 is 19.4 Å². The first-order valence-corrected chi connectivity index (χ1v) is 9.05. The van der Waals surface area contributed by atoms with E-state index in [1.165, 1.54) is 24.1 Å². The van der Waals surface area contributed by atoms with E-state index in [2.05, 4.69) is 25.6 Å². The number of pyridine rings is 1. The van der Waals surface area contributed by atoms with Crippen molar-refractivity contribution in [2.75, 3.05) is 12.4 Å². The van der Waals surface area contributed by atoms with Gasteiger partial charge >= 0.3 is 5.97 Å². The number of hydrogen-bond donors (Lipinski definition) is 3. The number of aromatic carboxylic acids is 1. The van der Waals surface area contributed by atoms with Gasteiger partial charge in [0.1, 0.15) is 16.8 Å². The third-order valence-electron chi connectivity index (χ3n) is 4.44. The number of aromatic amines is 1. The summed E-state index contributed by atoms with van der Waals surface area (Å²) in [5.41, 5.74) is 0.871. The highest BCUT2D eigenvalue weighted by Crippen LogP contribution is 2.30. The zero-order valence-electron chi connectivity index (χ0n) is 15.8. The largest absolute Gasteiger partial charge is 0.480 e. The molecular weight excluding hydrogens is 412 g/mol. The molecule has 11 heteroatoms. The van der Waals surface area contributed by atoms with Crippen molar-refractivity contribution in [2.45, 2.75) is 6.92 Å². The van der Waals surface area contributed by atoms with Gasteiger partial charge in [-0.05, 0) is 30.7 Å². The molecular formula is C19H15ClN6O4. The molecule has 0 bridgehead atoms. The fourth-order valence-electron chi connectivity index (χ4n) is 3.09. The second kappa shape index (κ2) is 7.48. The molecule has 0 unspecified atom stereocenters. The van der Waals surface area contributed by atoms with E-state index in [0.717, 1.165) is 0 Å². The van der Waals surface area contributed by atoms with E-state index in [1.807, 2.05) is 0 Å². The number of carbonyl (C=O) groups excluding carboxylic acids is 1. The molecule has 3 aromatic heterocycles. The lowest BCUT2D eigenvalue weighted by Gasteiger charge is -2.13. The quantitative estimate of drug-likeness (QED) is 0.446. The van der Waals surface area contributed by atoms with Gasteiger partial charge in [0.2, 0.25) is 5.88 Å². The number of aryl methyl sites for hydroxylation is 1. The second-order valence-electron chi connectivity index (χ2n) is 6.32. The fraction of sp³-hybridized carbons (Fsp3) is 0.105. The molecule has 30 heavy (non-hydrogen) atoms. The molecule has 0 saturated heterocycles. The zero-order valence-corrected chi connectivity index (χ0v) is 16.6. The number of aromatic nitrogens is 5. The summed E-state index contributed by atoms with van der Waals surface area (Å²) in [6, 6.07) is 6.39. The molecule has 1 amide bonds. The normalized spacial score (nSPS) is 10.9. The van der Waals surface area contributed by atoms with Gasteiger partial charge in [0.15, 0.2) is 5.82 Å². The number of H-pyrrole nitrogens is 1. The van der Waals surface area contributed by atoms with Gasteiger partial charge in [-0.25, -0.2) is 14.5 Å². The Labute approximate surface area is 174 Å². The summed E-state index contributed by atoms with van der Waals surface area (Å²) in [6.07, 6.45) is 3.10. The Morgan fingerprint density at radius 2 is 2.13 bits per heavy atom. The highest BCUT2D eigenvalue weighted by Gasteiger charge is 2.24. The molecule has 0 radical (unpaired) electrons. The average molecular weight is 427 g/mol. The van der Waals surface area contributed by atoms with Gasteiger partial charge in [0, 0.05) is 23.8 Å². The van der Waals surface area contributed by atoms with Crippen LogP contribution >= 0.6 is 11.6 Å². The van der Waals surface area contributed by atoms with Gasteiger partial charge in [0.25, 0.3) is 5.91 Å². The number of amides is 1. The minimum absolute atomic E-state index is 0.0605. The molecule has 4 aromatic rings. The third-order valence-corrected chi connectivity index (χ3v) is 4.74. The van der Waals surface area contributed by atoms with E-state index in [-0.39, 0.29) is 39.2 Å². The summed E-state index contributed by atoms with van der Waals surface area (Å²) < 4.78 is 6.37. The van der Waals surface area contributed by atoms with Crippen molar-refractivity contribution in [2.24, 2.45) is 0 Å². The van der Waals surface area contributed by atoms with E-state index in [0.29, 0.717) is 10.9 Å². The molecule has 0 aliphatic heterocycles. The molecule has 0 aliphatic carbocycles. The highest BCUT2D eigenvalue weighted by molar-refractivity contribution is 6.32. The van der Waals surface area contributed by atoms with Gasteiger partial charge < -0.3 is 15.2 Å². The van der Waals surface area contributed by atoms with Crippen LogP contribution in [-0.4, -0.2) is 49.1 Å².